The van der Waals surface area contributed by atoms with Crippen LogP contribution in [0.15, 0.2) is 54.6 Å². The topological polar surface area (TPSA) is 69.7 Å². The molecule has 2 aromatic carbocycles. The summed E-state index contributed by atoms with van der Waals surface area (Å²) in [5.41, 5.74) is 1.96. The molecule has 2 unspecified atom stereocenters. The van der Waals surface area contributed by atoms with Gasteiger partial charge in [-0.15, -0.1) is 0 Å². The van der Waals surface area contributed by atoms with Crippen LogP contribution < -0.4 is 5.32 Å². The number of benzene rings is 2. The second-order valence-corrected chi connectivity index (χ2v) is 9.32. The number of aryl methyl sites for hydroxylation is 1. The SMILES string of the molecule is CC(C1CCC1)N(Cc1ccccc1)C(=O)CN1C(=O)NC2(CCc3ccccc32)C1=O. The van der Waals surface area contributed by atoms with Gasteiger partial charge in [-0.3, -0.25) is 14.5 Å². The number of rotatable bonds is 6. The zero-order valence-electron chi connectivity index (χ0n) is 18.4. The Labute approximate surface area is 188 Å². The number of carbonyl (C=O) groups is 3. The number of amides is 4. The summed E-state index contributed by atoms with van der Waals surface area (Å²) in [6.45, 7) is 2.35. The summed E-state index contributed by atoms with van der Waals surface area (Å²) in [6, 6.07) is 17.2. The minimum Gasteiger partial charge on any atom is -0.334 e. The van der Waals surface area contributed by atoms with Crippen LogP contribution in [0.2, 0.25) is 0 Å². The molecule has 2 aliphatic carbocycles. The van der Waals surface area contributed by atoms with Crippen LogP contribution in [0.1, 0.15) is 49.3 Å². The van der Waals surface area contributed by atoms with Crippen molar-refractivity contribution < 1.29 is 14.4 Å². The van der Waals surface area contributed by atoms with E-state index in [1.165, 1.54) is 6.42 Å². The molecule has 0 bridgehead atoms. The van der Waals surface area contributed by atoms with E-state index >= 15 is 0 Å². The summed E-state index contributed by atoms with van der Waals surface area (Å²) in [5, 5.41) is 2.92. The molecule has 2 fully saturated rings. The van der Waals surface area contributed by atoms with Crippen molar-refractivity contribution in [2.75, 3.05) is 6.54 Å². The van der Waals surface area contributed by atoms with Gasteiger partial charge in [-0.2, -0.15) is 0 Å². The van der Waals surface area contributed by atoms with E-state index in [2.05, 4.69) is 12.2 Å². The molecule has 2 aromatic rings. The predicted molar refractivity (Wildman–Crippen MR) is 120 cm³/mol. The van der Waals surface area contributed by atoms with E-state index in [9.17, 15) is 14.4 Å². The Balaban J connectivity index is 1.37. The lowest BCUT2D eigenvalue weighted by molar-refractivity contribution is -0.142. The Hall–Kier alpha value is -3.15. The molecule has 1 saturated carbocycles. The molecule has 5 rings (SSSR count). The van der Waals surface area contributed by atoms with Gasteiger partial charge in [-0.25, -0.2) is 4.79 Å². The van der Waals surface area contributed by atoms with Crippen molar-refractivity contribution in [1.29, 1.82) is 0 Å². The van der Waals surface area contributed by atoms with Crippen molar-refractivity contribution in [3.05, 3.63) is 71.3 Å². The van der Waals surface area contributed by atoms with Gasteiger partial charge in [-0.1, -0.05) is 61.0 Å². The molecular weight excluding hydrogens is 402 g/mol. The maximum Gasteiger partial charge on any atom is 0.325 e. The Bertz CT molecular complexity index is 1050. The van der Waals surface area contributed by atoms with Crippen molar-refractivity contribution in [2.45, 2.75) is 57.2 Å². The number of fused-ring (bicyclic) bond motifs is 2. The van der Waals surface area contributed by atoms with Crippen molar-refractivity contribution in [2.24, 2.45) is 5.92 Å². The highest BCUT2D eigenvalue weighted by Gasteiger charge is 2.55. The lowest BCUT2D eigenvalue weighted by Gasteiger charge is -2.39. The number of hydrogen-bond donors (Lipinski definition) is 1. The second kappa shape index (κ2) is 8.08. The van der Waals surface area contributed by atoms with Crippen molar-refractivity contribution in [3.8, 4) is 0 Å². The van der Waals surface area contributed by atoms with Crippen LogP contribution in [0, 0.1) is 5.92 Å². The molecule has 166 valence electrons. The maximum atomic E-state index is 13.5. The number of nitrogens with zero attached hydrogens (tertiary/aromatic N) is 2. The fraction of sp³-hybridized carbons (Fsp3) is 0.423. The number of urea groups is 1. The highest BCUT2D eigenvalue weighted by molar-refractivity contribution is 6.09. The van der Waals surface area contributed by atoms with E-state index in [0.29, 0.717) is 18.9 Å². The van der Waals surface area contributed by atoms with Crippen LogP contribution >= 0.6 is 0 Å². The first-order chi connectivity index (χ1) is 15.5. The fourth-order valence-corrected chi connectivity index (χ4v) is 5.38. The summed E-state index contributed by atoms with van der Waals surface area (Å²) < 4.78 is 0. The normalized spacial score (nSPS) is 23.1. The number of imide groups is 1. The minimum absolute atomic E-state index is 0.0680. The van der Waals surface area contributed by atoms with E-state index in [-0.39, 0.29) is 24.4 Å². The summed E-state index contributed by atoms with van der Waals surface area (Å²) in [6.07, 6.45) is 4.69. The molecule has 1 N–H and O–H groups in total. The number of hydrogen-bond acceptors (Lipinski definition) is 3. The van der Waals surface area contributed by atoms with Gasteiger partial charge in [0, 0.05) is 12.6 Å². The molecule has 0 radical (unpaired) electrons. The van der Waals surface area contributed by atoms with Gasteiger partial charge in [-0.05, 0) is 55.2 Å². The average molecular weight is 432 g/mol. The highest BCUT2D eigenvalue weighted by Crippen LogP contribution is 2.41. The molecular formula is C26H29N3O3. The van der Waals surface area contributed by atoms with Crippen LogP contribution in [0.5, 0.6) is 0 Å². The molecule has 2 atom stereocenters. The van der Waals surface area contributed by atoms with Gasteiger partial charge in [0.25, 0.3) is 5.91 Å². The number of nitrogens with one attached hydrogen (secondary N) is 1. The Morgan fingerprint density at radius 3 is 2.56 bits per heavy atom. The van der Waals surface area contributed by atoms with E-state index in [4.69, 9.17) is 0 Å². The summed E-state index contributed by atoms with van der Waals surface area (Å²) in [5.74, 6) is -0.0179. The molecule has 32 heavy (non-hydrogen) atoms. The minimum atomic E-state index is -1.03. The Morgan fingerprint density at radius 1 is 1.12 bits per heavy atom. The first-order valence-corrected chi connectivity index (χ1v) is 11.6. The standard InChI is InChI=1S/C26H29N3O3/c1-18(20-11-7-12-20)28(16-19-8-3-2-4-9-19)23(30)17-29-24(31)26(27-25(29)32)15-14-21-10-5-6-13-22(21)26/h2-6,8-10,13,18,20H,7,11-12,14-17H2,1H3,(H,27,32). The van der Waals surface area contributed by atoms with E-state index in [1.54, 1.807) is 0 Å². The Morgan fingerprint density at radius 2 is 1.84 bits per heavy atom. The molecule has 3 aliphatic rings. The van der Waals surface area contributed by atoms with Crippen LogP contribution in [0.3, 0.4) is 0 Å². The van der Waals surface area contributed by atoms with Crippen LogP contribution in [0.25, 0.3) is 0 Å². The van der Waals surface area contributed by atoms with Crippen molar-refractivity contribution in [1.82, 2.24) is 15.1 Å². The molecule has 1 spiro atoms. The first-order valence-electron chi connectivity index (χ1n) is 11.6. The lowest BCUT2D eigenvalue weighted by atomic mass is 9.79. The maximum absolute atomic E-state index is 13.5. The van der Waals surface area contributed by atoms with Gasteiger partial charge in [0.15, 0.2) is 0 Å². The molecule has 6 heteroatoms. The highest BCUT2D eigenvalue weighted by atomic mass is 16.2. The molecule has 1 heterocycles. The summed E-state index contributed by atoms with van der Waals surface area (Å²) >= 11 is 0. The summed E-state index contributed by atoms with van der Waals surface area (Å²) in [7, 11) is 0. The lowest BCUT2D eigenvalue weighted by Crippen LogP contribution is -2.49. The largest absolute Gasteiger partial charge is 0.334 e. The monoisotopic (exact) mass is 431 g/mol. The van der Waals surface area contributed by atoms with Gasteiger partial charge in [0.1, 0.15) is 12.1 Å². The van der Waals surface area contributed by atoms with Crippen LogP contribution in [0.4, 0.5) is 4.79 Å². The third kappa shape index (κ3) is 3.38. The average Bonchev–Trinajstić information content (AvgIpc) is 3.24. The third-order valence-corrected chi connectivity index (χ3v) is 7.56. The van der Waals surface area contributed by atoms with Crippen molar-refractivity contribution >= 4 is 17.8 Å². The third-order valence-electron chi connectivity index (χ3n) is 7.56. The van der Waals surface area contributed by atoms with E-state index in [1.807, 2.05) is 59.5 Å². The molecule has 6 nitrogen and oxygen atoms in total. The zero-order chi connectivity index (χ0) is 22.3. The molecule has 1 aliphatic heterocycles. The number of carbonyl (C=O) groups excluding carboxylic acids is 3. The smallest absolute Gasteiger partial charge is 0.325 e. The Kier molecular flexibility index (Phi) is 5.24. The predicted octanol–water partition coefficient (Wildman–Crippen LogP) is 3.60. The van der Waals surface area contributed by atoms with E-state index in [0.717, 1.165) is 40.9 Å². The fourth-order valence-electron chi connectivity index (χ4n) is 5.38. The van der Waals surface area contributed by atoms with Crippen LogP contribution in [-0.4, -0.2) is 40.2 Å². The summed E-state index contributed by atoms with van der Waals surface area (Å²) in [4.78, 5) is 42.8. The van der Waals surface area contributed by atoms with Crippen LogP contribution in [-0.2, 0) is 28.1 Å². The zero-order valence-corrected chi connectivity index (χ0v) is 18.4. The second-order valence-electron chi connectivity index (χ2n) is 9.32. The quantitative estimate of drug-likeness (QED) is 0.711. The molecule has 1 saturated heterocycles. The van der Waals surface area contributed by atoms with Gasteiger partial charge in [0.05, 0.1) is 0 Å². The van der Waals surface area contributed by atoms with Gasteiger partial charge >= 0.3 is 6.03 Å². The van der Waals surface area contributed by atoms with Crippen molar-refractivity contribution in [3.63, 3.8) is 0 Å². The molecule has 0 aromatic heterocycles. The van der Waals surface area contributed by atoms with Gasteiger partial charge < -0.3 is 10.2 Å². The van der Waals surface area contributed by atoms with E-state index < -0.39 is 11.6 Å². The van der Waals surface area contributed by atoms with Gasteiger partial charge in [0.2, 0.25) is 5.91 Å². The molecule has 4 amide bonds. The first kappa shape index (κ1) is 20.7.